The zero-order valence-electron chi connectivity index (χ0n) is 17.4. The lowest BCUT2D eigenvalue weighted by molar-refractivity contribution is 0.0935. The van der Waals surface area contributed by atoms with E-state index in [-0.39, 0.29) is 36.1 Å². The van der Waals surface area contributed by atoms with Crippen LogP contribution in [0, 0.1) is 0 Å². The molecular weight excluding hydrogens is 495 g/mol. The van der Waals surface area contributed by atoms with Gasteiger partial charge in [-0.2, -0.15) is 0 Å². The van der Waals surface area contributed by atoms with Crippen LogP contribution < -0.4 is 20.1 Å². The Balaban J connectivity index is 0.00000256. The number of guanidine groups is 1. The van der Waals surface area contributed by atoms with Crippen molar-refractivity contribution in [1.29, 1.82) is 0 Å². The lowest BCUT2D eigenvalue weighted by Gasteiger charge is -2.34. The second kappa shape index (κ2) is 11.5. The molecule has 1 fully saturated rings. The van der Waals surface area contributed by atoms with Crippen molar-refractivity contribution in [3.05, 3.63) is 48.4 Å². The van der Waals surface area contributed by atoms with Crippen molar-refractivity contribution in [3.8, 4) is 11.5 Å². The van der Waals surface area contributed by atoms with Crippen molar-refractivity contribution < 1.29 is 13.9 Å². The van der Waals surface area contributed by atoms with E-state index in [4.69, 9.17) is 13.9 Å². The third-order valence-corrected chi connectivity index (χ3v) is 5.45. The molecule has 0 bridgehead atoms. The molecule has 7 nitrogen and oxygen atoms in total. The molecule has 1 saturated heterocycles. The second-order valence-electron chi connectivity index (χ2n) is 7.46. The fourth-order valence-electron chi connectivity index (χ4n) is 3.91. The summed E-state index contributed by atoms with van der Waals surface area (Å²) in [6, 6.07) is 12.0. The number of piperidine rings is 1. The summed E-state index contributed by atoms with van der Waals surface area (Å²) < 4.78 is 17.5. The van der Waals surface area contributed by atoms with Crippen LogP contribution in [0.15, 0.2) is 52.1 Å². The van der Waals surface area contributed by atoms with Crippen LogP contribution >= 0.6 is 24.0 Å². The van der Waals surface area contributed by atoms with Crippen LogP contribution in [0.3, 0.4) is 0 Å². The molecule has 1 aromatic heterocycles. The summed E-state index contributed by atoms with van der Waals surface area (Å²) in [6.45, 7) is 4.07. The van der Waals surface area contributed by atoms with Crippen molar-refractivity contribution in [2.75, 3.05) is 39.8 Å². The minimum Gasteiger partial charge on any atom is -0.486 e. The molecule has 0 radical (unpaired) electrons. The first kappa shape index (κ1) is 22.7. The monoisotopic (exact) mass is 526 g/mol. The van der Waals surface area contributed by atoms with Gasteiger partial charge in [-0.05, 0) is 50.2 Å². The molecule has 2 atom stereocenters. The van der Waals surface area contributed by atoms with Crippen molar-refractivity contribution in [1.82, 2.24) is 15.5 Å². The van der Waals surface area contributed by atoms with E-state index in [0.717, 1.165) is 42.9 Å². The third-order valence-electron chi connectivity index (χ3n) is 5.45. The van der Waals surface area contributed by atoms with Crippen LogP contribution in [0.2, 0.25) is 0 Å². The number of halogens is 1. The van der Waals surface area contributed by atoms with E-state index in [1.807, 2.05) is 30.3 Å². The van der Waals surface area contributed by atoms with Crippen LogP contribution in [0.25, 0.3) is 0 Å². The molecular formula is C22H31IN4O3. The van der Waals surface area contributed by atoms with E-state index in [9.17, 15) is 0 Å². The van der Waals surface area contributed by atoms with Crippen molar-refractivity contribution in [3.63, 3.8) is 0 Å². The van der Waals surface area contributed by atoms with Gasteiger partial charge in [0, 0.05) is 13.6 Å². The summed E-state index contributed by atoms with van der Waals surface area (Å²) in [5, 5.41) is 6.81. The number of likely N-dealkylation sites (tertiary alicyclic amines) is 1. The SMILES string of the molecule is CN=C(NCC1COc2ccccc2O1)NCC(c1ccco1)N1CCCCC1.I. The highest BCUT2D eigenvalue weighted by molar-refractivity contribution is 14.0. The largest absolute Gasteiger partial charge is 0.486 e. The molecule has 8 heteroatoms. The van der Waals surface area contributed by atoms with Gasteiger partial charge in [0.2, 0.25) is 0 Å². The fraction of sp³-hybridized carbons (Fsp3) is 0.500. The zero-order valence-corrected chi connectivity index (χ0v) is 19.7. The van der Waals surface area contributed by atoms with Gasteiger partial charge in [0.25, 0.3) is 0 Å². The number of rotatable bonds is 6. The smallest absolute Gasteiger partial charge is 0.191 e. The van der Waals surface area contributed by atoms with E-state index in [1.54, 1.807) is 13.3 Å². The molecule has 0 aliphatic carbocycles. The predicted molar refractivity (Wildman–Crippen MR) is 128 cm³/mol. The Hall–Kier alpha value is -1.94. The Morgan fingerprint density at radius 3 is 2.63 bits per heavy atom. The average Bonchev–Trinajstić information content (AvgIpc) is 3.31. The quantitative estimate of drug-likeness (QED) is 0.342. The Labute approximate surface area is 195 Å². The number of aliphatic imine (C=N–C) groups is 1. The maximum atomic E-state index is 6.01. The van der Waals surface area contributed by atoms with Crippen LogP contribution in [0.5, 0.6) is 11.5 Å². The molecule has 2 aliphatic rings. The van der Waals surface area contributed by atoms with E-state index < -0.39 is 0 Å². The van der Waals surface area contributed by atoms with Crippen LogP contribution in [0.4, 0.5) is 0 Å². The van der Waals surface area contributed by atoms with Crippen molar-refractivity contribution in [2.45, 2.75) is 31.4 Å². The fourth-order valence-corrected chi connectivity index (χ4v) is 3.91. The highest BCUT2D eigenvalue weighted by Gasteiger charge is 2.25. The first-order chi connectivity index (χ1) is 14.3. The third kappa shape index (κ3) is 5.81. The number of hydrogen-bond donors (Lipinski definition) is 2. The molecule has 1 aromatic carbocycles. The summed E-state index contributed by atoms with van der Waals surface area (Å²) in [6.07, 6.45) is 5.48. The van der Waals surface area contributed by atoms with Gasteiger partial charge in [-0.25, -0.2) is 0 Å². The predicted octanol–water partition coefficient (Wildman–Crippen LogP) is 3.43. The minimum absolute atomic E-state index is 0. The van der Waals surface area contributed by atoms with Crippen molar-refractivity contribution >= 4 is 29.9 Å². The number of benzene rings is 1. The van der Waals surface area contributed by atoms with Gasteiger partial charge in [-0.1, -0.05) is 18.6 Å². The normalized spacial score (nSPS) is 20.2. The Bertz CT molecular complexity index is 793. The standard InChI is InChI=1S/C22H30N4O3.HI/c1-23-22(24-14-17-16-28-20-8-3-4-9-21(20)29-17)25-15-18(19-10-7-13-27-19)26-11-5-2-6-12-26;/h3-4,7-10,13,17-18H,2,5-6,11-12,14-16H2,1H3,(H2,23,24,25);1H. The minimum atomic E-state index is -0.0635. The summed E-state index contributed by atoms with van der Waals surface area (Å²) in [7, 11) is 1.78. The maximum Gasteiger partial charge on any atom is 0.191 e. The number of furan rings is 1. The maximum absolute atomic E-state index is 6.01. The van der Waals surface area contributed by atoms with Gasteiger partial charge in [0.1, 0.15) is 18.5 Å². The van der Waals surface area contributed by atoms with Crippen LogP contribution in [0.1, 0.15) is 31.1 Å². The first-order valence-electron chi connectivity index (χ1n) is 10.4. The average molecular weight is 526 g/mol. The molecule has 0 saturated carbocycles. The molecule has 4 rings (SSSR count). The summed E-state index contributed by atoms with van der Waals surface area (Å²) in [5.74, 6) is 3.34. The Kier molecular flexibility index (Phi) is 8.68. The van der Waals surface area contributed by atoms with E-state index >= 15 is 0 Å². The number of nitrogens with one attached hydrogen (secondary N) is 2. The number of para-hydroxylation sites is 2. The number of hydrogen-bond acceptors (Lipinski definition) is 5. The Morgan fingerprint density at radius 1 is 1.10 bits per heavy atom. The summed E-state index contributed by atoms with van der Waals surface area (Å²) >= 11 is 0. The van der Waals surface area contributed by atoms with Crippen LogP contribution in [-0.2, 0) is 0 Å². The van der Waals surface area contributed by atoms with Gasteiger partial charge >= 0.3 is 0 Å². The van der Waals surface area contributed by atoms with E-state index in [0.29, 0.717) is 13.2 Å². The second-order valence-corrected chi connectivity index (χ2v) is 7.46. The van der Waals surface area contributed by atoms with Crippen molar-refractivity contribution in [2.24, 2.45) is 4.99 Å². The van der Waals surface area contributed by atoms with Crippen LogP contribution in [-0.4, -0.2) is 56.8 Å². The first-order valence-corrected chi connectivity index (χ1v) is 10.4. The lowest BCUT2D eigenvalue weighted by Crippen LogP contribution is -2.48. The van der Waals surface area contributed by atoms with E-state index in [1.165, 1.54) is 19.3 Å². The van der Waals surface area contributed by atoms with Gasteiger partial charge in [-0.15, -0.1) is 24.0 Å². The summed E-state index contributed by atoms with van der Waals surface area (Å²) in [5.41, 5.74) is 0. The molecule has 2 N–H and O–H groups in total. The number of ether oxygens (including phenoxy) is 2. The Morgan fingerprint density at radius 2 is 1.90 bits per heavy atom. The molecule has 164 valence electrons. The highest BCUT2D eigenvalue weighted by Crippen LogP contribution is 2.30. The molecule has 0 amide bonds. The zero-order chi connectivity index (χ0) is 19.9. The molecule has 2 unspecified atom stereocenters. The highest BCUT2D eigenvalue weighted by atomic mass is 127. The molecule has 3 heterocycles. The van der Waals surface area contributed by atoms with E-state index in [2.05, 4.69) is 26.6 Å². The molecule has 2 aromatic rings. The molecule has 0 spiro atoms. The number of fused-ring (bicyclic) bond motifs is 1. The van der Waals surface area contributed by atoms with Gasteiger partial charge in [0.15, 0.2) is 17.5 Å². The molecule has 2 aliphatic heterocycles. The van der Waals surface area contributed by atoms with Gasteiger partial charge < -0.3 is 24.5 Å². The number of nitrogens with zero attached hydrogens (tertiary/aromatic N) is 2. The lowest BCUT2D eigenvalue weighted by atomic mass is 10.1. The topological polar surface area (TPSA) is 71.3 Å². The summed E-state index contributed by atoms with van der Waals surface area (Å²) in [4.78, 5) is 6.86. The van der Waals surface area contributed by atoms with Gasteiger partial charge in [0.05, 0.1) is 18.8 Å². The molecule has 30 heavy (non-hydrogen) atoms. The van der Waals surface area contributed by atoms with Gasteiger partial charge in [-0.3, -0.25) is 9.89 Å².